The van der Waals surface area contributed by atoms with E-state index in [0.717, 1.165) is 48.6 Å². The van der Waals surface area contributed by atoms with Crippen molar-refractivity contribution in [2.24, 2.45) is 11.3 Å². The molecule has 2 aromatic heterocycles. The number of benzene rings is 1. The zero-order valence-electron chi connectivity index (χ0n) is 17.0. The number of Topliss-reactive ketones (excluding diaryl/α,β-unsaturated/α-hetero) is 1. The van der Waals surface area contributed by atoms with Gasteiger partial charge in [0.15, 0.2) is 0 Å². The number of nitrogens with zero attached hydrogens (tertiary/aromatic N) is 2. The molecule has 1 spiro atoms. The van der Waals surface area contributed by atoms with Gasteiger partial charge in [-0.05, 0) is 91.3 Å². The fourth-order valence-corrected chi connectivity index (χ4v) is 5.45. The summed E-state index contributed by atoms with van der Waals surface area (Å²) < 4.78 is 14.2. The van der Waals surface area contributed by atoms with Gasteiger partial charge < -0.3 is 0 Å². The molecular weight excluding hydrogens is 399 g/mol. The molecule has 2 heterocycles. The van der Waals surface area contributed by atoms with E-state index in [1.807, 2.05) is 24.4 Å². The molecule has 3 nitrogen and oxygen atoms in total. The van der Waals surface area contributed by atoms with Gasteiger partial charge in [-0.15, -0.1) is 0 Å². The van der Waals surface area contributed by atoms with Crippen LogP contribution in [0.25, 0.3) is 10.9 Å². The van der Waals surface area contributed by atoms with E-state index in [4.69, 9.17) is 11.6 Å². The van der Waals surface area contributed by atoms with Gasteiger partial charge in [-0.1, -0.05) is 17.7 Å². The van der Waals surface area contributed by atoms with Gasteiger partial charge in [0, 0.05) is 30.1 Å². The molecule has 30 heavy (non-hydrogen) atoms. The standard InChI is InChI=1S/C25H24ClFN2O/c1-15-10-22-19(12-21(15)27)18(6-9-28-22)17-4-7-25(8-5-17)13-20(25)23(30)11-16-2-3-24(26)29-14-16/h2-3,6,9-10,12,14,17,20H,4-5,7-8,11,13H2,1H3. The summed E-state index contributed by atoms with van der Waals surface area (Å²) in [5.41, 5.74) is 3.80. The van der Waals surface area contributed by atoms with E-state index in [1.165, 1.54) is 5.56 Å². The van der Waals surface area contributed by atoms with Crippen LogP contribution >= 0.6 is 11.6 Å². The third-order valence-electron chi connectivity index (χ3n) is 7.22. The quantitative estimate of drug-likeness (QED) is 0.469. The van der Waals surface area contributed by atoms with Gasteiger partial charge in [0.2, 0.25) is 0 Å². The average Bonchev–Trinajstić information content (AvgIpc) is 3.44. The van der Waals surface area contributed by atoms with Crippen LogP contribution in [0.5, 0.6) is 0 Å². The second kappa shape index (κ2) is 7.42. The Morgan fingerprint density at radius 1 is 1.20 bits per heavy atom. The molecule has 2 fully saturated rings. The van der Waals surface area contributed by atoms with Crippen LogP contribution in [0.3, 0.4) is 0 Å². The fraction of sp³-hybridized carbons (Fsp3) is 0.400. The van der Waals surface area contributed by atoms with Crippen molar-refractivity contribution in [1.82, 2.24) is 9.97 Å². The van der Waals surface area contributed by atoms with E-state index in [-0.39, 0.29) is 17.2 Å². The van der Waals surface area contributed by atoms with E-state index < -0.39 is 0 Å². The second-order valence-corrected chi connectivity index (χ2v) is 9.43. The molecule has 3 aromatic rings. The lowest BCUT2D eigenvalue weighted by molar-refractivity contribution is -0.120. The number of hydrogen-bond donors (Lipinski definition) is 0. The topological polar surface area (TPSA) is 42.9 Å². The maximum absolute atomic E-state index is 14.2. The number of carbonyl (C=O) groups is 1. The number of hydrogen-bond acceptors (Lipinski definition) is 3. The van der Waals surface area contributed by atoms with Crippen molar-refractivity contribution < 1.29 is 9.18 Å². The lowest BCUT2D eigenvalue weighted by Gasteiger charge is -2.30. The molecule has 5 rings (SSSR count). The summed E-state index contributed by atoms with van der Waals surface area (Å²) in [5.74, 6) is 0.724. The molecule has 2 aliphatic carbocycles. The van der Waals surface area contributed by atoms with Crippen molar-refractivity contribution in [1.29, 1.82) is 0 Å². The number of fused-ring (bicyclic) bond motifs is 1. The monoisotopic (exact) mass is 422 g/mol. The largest absolute Gasteiger partial charge is 0.299 e. The first-order valence-electron chi connectivity index (χ1n) is 10.6. The van der Waals surface area contributed by atoms with Crippen LogP contribution in [0.1, 0.15) is 54.7 Å². The van der Waals surface area contributed by atoms with Crippen LogP contribution < -0.4 is 0 Å². The van der Waals surface area contributed by atoms with Gasteiger partial charge in [0.05, 0.1) is 5.52 Å². The first-order valence-corrected chi connectivity index (χ1v) is 11.0. The predicted octanol–water partition coefficient (Wildman–Crippen LogP) is 6.21. The number of carbonyl (C=O) groups excluding carboxylic acids is 1. The lowest BCUT2D eigenvalue weighted by atomic mass is 9.74. The maximum atomic E-state index is 14.2. The normalized spacial score (nSPS) is 25.6. The summed E-state index contributed by atoms with van der Waals surface area (Å²) in [5, 5.41) is 1.38. The lowest BCUT2D eigenvalue weighted by Crippen LogP contribution is -2.20. The molecule has 0 bridgehead atoms. The second-order valence-electron chi connectivity index (χ2n) is 9.04. The molecule has 0 saturated heterocycles. The van der Waals surface area contributed by atoms with Gasteiger partial charge in [-0.2, -0.15) is 0 Å². The van der Waals surface area contributed by atoms with Crippen LogP contribution in [-0.4, -0.2) is 15.8 Å². The number of pyridine rings is 2. The van der Waals surface area contributed by atoms with Crippen molar-refractivity contribution in [3.8, 4) is 0 Å². The van der Waals surface area contributed by atoms with E-state index in [0.29, 0.717) is 28.8 Å². The fourth-order valence-electron chi connectivity index (χ4n) is 5.34. The van der Waals surface area contributed by atoms with Gasteiger partial charge in [0.1, 0.15) is 16.8 Å². The molecule has 0 N–H and O–H groups in total. The van der Waals surface area contributed by atoms with Crippen molar-refractivity contribution >= 4 is 28.3 Å². The van der Waals surface area contributed by atoms with Gasteiger partial charge in [0.25, 0.3) is 0 Å². The number of ketones is 1. The Balaban J connectivity index is 1.27. The predicted molar refractivity (Wildman–Crippen MR) is 116 cm³/mol. The molecule has 2 saturated carbocycles. The van der Waals surface area contributed by atoms with Crippen LogP contribution in [-0.2, 0) is 11.2 Å². The van der Waals surface area contributed by atoms with Crippen molar-refractivity contribution in [2.75, 3.05) is 0 Å². The first kappa shape index (κ1) is 19.6. The minimum absolute atomic E-state index is 0.170. The third-order valence-corrected chi connectivity index (χ3v) is 7.45. The summed E-state index contributed by atoms with van der Waals surface area (Å²) >= 11 is 5.84. The molecule has 5 heteroatoms. The summed E-state index contributed by atoms with van der Waals surface area (Å²) in [6, 6.07) is 9.14. The highest BCUT2D eigenvalue weighted by Crippen LogP contribution is 2.63. The maximum Gasteiger partial charge on any atom is 0.140 e. The Kier molecular flexibility index (Phi) is 4.85. The number of aromatic nitrogens is 2. The van der Waals surface area contributed by atoms with Crippen molar-refractivity contribution in [2.45, 2.75) is 51.4 Å². The molecule has 0 aliphatic heterocycles. The van der Waals surface area contributed by atoms with Crippen molar-refractivity contribution in [3.63, 3.8) is 0 Å². The van der Waals surface area contributed by atoms with E-state index >= 15 is 0 Å². The smallest absolute Gasteiger partial charge is 0.140 e. The Bertz CT molecular complexity index is 1120. The molecule has 2 aliphatic rings. The summed E-state index contributed by atoms with van der Waals surface area (Å²) in [6.07, 6.45) is 9.18. The third kappa shape index (κ3) is 3.51. The zero-order valence-corrected chi connectivity index (χ0v) is 17.8. The van der Waals surface area contributed by atoms with Crippen LogP contribution in [0.15, 0.2) is 42.7 Å². The molecule has 0 radical (unpaired) electrons. The van der Waals surface area contributed by atoms with E-state index in [2.05, 4.69) is 9.97 Å². The minimum Gasteiger partial charge on any atom is -0.299 e. The van der Waals surface area contributed by atoms with E-state index in [9.17, 15) is 9.18 Å². The Labute approximate surface area is 180 Å². The highest BCUT2D eigenvalue weighted by Gasteiger charge is 2.57. The van der Waals surface area contributed by atoms with Crippen molar-refractivity contribution in [3.05, 3.63) is 70.4 Å². The minimum atomic E-state index is -0.173. The highest BCUT2D eigenvalue weighted by atomic mass is 35.5. The SMILES string of the molecule is Cc1cc2nccc(C3CCC4(CC3)CC4C(=O)Cc3ccc(Cl)nc3)c2cc1F. The molecule has 1 atom stereocenters. The Hall–Kier alpha value is -2.33. The first-order chi connectivity index (χ1) is 14.4. The summed E-state index contributed by atoms with van der Waals surface area (Å²) in [6.45, 7) is 1.78. The van der Waals surface area contributed by atoms with Gasteiger partial charge in [-0.25, -0.2) is 9.37 Å². The van der Waals surface area contributed by atoms with Gasteiger partial charge >= 0.3 is 0 Å². The van der Waals surface area contributed by atoms with Gasteiger partial charge in [-0.3, -0.25) is 9.78 Å². The molecule has 154 valence electrons. The Morgan fingerprint density at radius 3 is 2.73 bits per heavy atom. The summed E-state index contributed by atoms with van der Waals surface area (Å²) in [7, 11) is 0. The Morgan fingerprint density at radius 2 is 2.00 bits per heavy atom. The zero-order chi connectivity index (χ0) is 20.9. The van der Waals surface area contributed by atoms with Crippen LogP contribution in [0, 0.1) is 24.1 Å². The van der Waals surface area contributed by atoms with E-state index in [1.54, 1.807) is 25.3 Å². The molecular formula is C25H24ClFN2O. The molecule has 1 aromatic carbocycles. The van der Waals surface area contributed by atoms with Crippen LogP contribution in [0.4, 0.5) is 4.39 Å². The number of halogens is 2. The summed E-state index contributed by atoms with van der Waals surface area (Å²) in [4.78, 5) is 21.3. The van der Waals surface area contributed by atoms with Crippen LogP contribution in [0.2, 0.25) is 5.15 Å². The molecule has 0 amide bonds. The number of aryl methyl sites for hydroxylation is 1. The highest BCUT2D eigenvalue weighted by molar-refractivity contribution is 6.29. The molecule has 1 unspecified atom stereocenters. The number of rotatable bonds is 4. The average molecular weight is 423 g/mol.